The number of hydrogen-bond acceptors (Lipinski definition) is 2. The Morgan fingerprint density at radius 2 is 2.00 bits per heavy atom. The molecule has 0 aliphatic rings. The summed E-state index contributed by atoms with van der Waals surface area (Å²) < 4.78 is -1.45. The van der Waals surface area contributed by atoms with Crippen LogP contribution in [0.1, 0.15) is 13.3 Å². The second-order valence-corrected chi connectivity index (χ2v) is 4.99. The van der Waals surface area contributed by atoms with Crippen LogP contribution in [0.4, 0.5) is 0 Å². The highest BCUT2D eigenvalue weighted by Crippen LogP contribution is 2.36. The van der Waals surface area contributed by atoms with E-state index >= 15 is 0 Å². The largest absolute Gasteiger partial charge is 0.480 e. The van der Waals surface area contributed by atoms with Gasteiger partial charge in [0.1, 0.15) is 6.04 Å². The molecule has 6 heteroatoms. The molecule has 0 aliphatic heterocycles. The molecule has 0 aromatic heterocycles. The van der Waals surface area contributed by atoms with Crippen LogP contribution in [0.2, 0.25) is 0 Å². The third-order valence-corrected chi connectivity index (χ3v) is 2.60. The van der Waals surface area contributed by atoms with Gasteiger partial charge in [-0.15, -0.1) is 0 Å². The van der Waals surface area contributed by atoms with E-state index in [1.807, 2.05) is 0 Å². The van der Waals surface area contributed by atoms with Gasteiger partial charge in [-0.25, -0.2) is 0 Å². The van der Waals surface area contributed by atoms with Gasteiger partial charge in [-0.05, 0) is 6.42 Å². The van der Waals surface area contributed by atoms with E-state index in [1.54, 1.807) is 6.92 Å². The van der Waals surface area contributed by atoms with Crippen molar-refractivity contribution in [3.05, 3.63) is 0 Å². The van der Waals surface area contributed by atoms with Gasteiger partial charge in [0.25, 0.3) is 0 Å². The summed E-state index contributed by atoms with van der Waals surface area (Å²) >= 11 is 16.5. The minimum absolute atomic E-state index is 0.145. The monoisotopic (exact) mass is 233 g/mol. The van der Waals surface area contributed by atoms with Crippen molar-refractivity contribution in [2.45, 2.75) is 23.2 Å². The van der Waals surface area contributed by atoms with Crippen LogP contribution in [-0.2, 0) is 4.79 Å². The smallest absolute Gasteiger partial charge is 0.320 e. The quantitative estimate of drug-likeness (QED) is 0.732. The molecule has 0 spiro atoms. The van der Waals surface area contributed by atoms with E-state index in [-0.39, 0.29) is 12.3 Å². The van der Waals surface area contributed by atoms with Crippen molar-refractivity contribution in [1.29, 1.82) is 0 Å². The van der Waals surface area contributed by atoms with E-state index in [0.29, 0.717) is 0 Å². The van der Waals surface area contributed by atoms with Crippen LogP contribution in [-0.4, -0.2) is 20.9 Å². The van der Waals surface area contributed by atoms with Crippen molar-refractivity contribution in [3.8, 4) is 0 Å². The number of rotatable bonds is 3. The molecule has 0 aliphatic carbocycles. The molecule has 0 bridgehead atoms. The summed E-state index contributed by atoms with van der Waals surface area (Å²) in [6.07, 6.45) is 0.145. The van der Waals surface area contributed by atoms with E-state index in [2.05, 4.69) is 0 Å². The minimum atomic E-state index is -1.45. The summed E-state index contributed by atoms with van der Waals surface area (Å²) in [5.74, 6) is -1.47. The highest BCUT2D eigenvalue weighted by molar-refractivity contribution is 6.67. The topological polar surface area (TPSA) is 63.3 Å². The molecule has 72 valence electrons. The Morgan fingerprint density at radius 1 is 1.58 bits per heavy atom. The highest BCUT2D eigenvalue weighted by atomic mass is 35.6. The van der Waals surface area contributed by atoms with E-state index in [0.717, 1.165) is 0 Å². The fourth-order valence-corrected chi connectivity index (χ4v) is 0.883. The van der Waals surface area contributed by atoms with E-state index in [4.69, 9.17) is 45.6 Å². The molecule has 0 saturated heterocycles. The number of hydrogen-bond donors (Lipinski definition) is 2. The summed E-state index contributed by atoms with van der Waals surface area (Å²) in [5.41, 5.74) is 5.24. The van der Waals surface area contributed by atoms with E-state index in [1.165, 1.54) is 0 Å². The van der Waals surface area contributed by atoms with Crippen LogP contribution in [0.3, 0.4) is 0 Å². The molecule has 0 heterocycles. The molecular formula is C6H10Cl3NO2. The molecule has 3 nitrogen and oxygen atoms in total. The standard InChI is InChI=1S/C6H10Cl3NO2/c1-3(6(7,8)9)2-4(10)5(11)12/h3-4H,2,10H2,1H3,(H,11,12)/t3-,4-/m0/s1. The predicted molar refractivity (Wildman–Crippen MR) is 49.7 cm³/mol. The minimum Gasteiger partial charge on any atom is -0.480 e. The Kier molecular flexibility index (Phi) is 4.62. The number of aliphatic carboxylic acids is 1. The summed E-state index contributed by atoms with van der Waals surface area (Å²) in [6.45, 7) is 1.63. The average molecular weight is 235 g/mol. The number of nitrogens with two attached hydrogens (primary N) is 1. The van der Waals surface area contributed by atoms with Crippen LogP contribution < -0.4 is 5.73 Å². The van der Waals surface area contributed by atoms with Crippen molar-refractivity contribution in [2.24, 2.45) is 11.7 Å². The van der Waals surface area contributed by atoms with Crippen LogP contribution in [0.15, 0.2) is 0 Å². The van der Waals surface area contributed by atoms with E-state index in [9.17, 15) is 4.79 Å². The molecule has 0 fully saturated rings. The summed E-state index contributed by atoms with van der Waals surface area (Å²) in [4.78, 5) is 10.3. The van der Waals surface area contributed by atoms with Gasteiger partial charge in [0.05, 0.1) is 0 Å². The van der Waals surface area contributed by atoms with Crippen LogP contribution >= 0.6 is 34.8 Å². The zero-order valence-electron chi connectivity index (χ0n) is 6.43. The van der Waals surface area contributed by atoms with Gasteiger partial charge < -0.3 is 10.8 Å². The van der Waals surface area contributed by atoms with Crippen molar-refractivity contribution in [1.82, 2.24) is 0 Å². The SMILES string of the molecule is C[C@@H](C[C@H](N)C(=O)O)C(Cl)(Cl)Cl. The van der Waals surface area contributed by atoms with Gasteiger partial charge in [-0.1, -0.05) is 41.7 Å². The Hall–Kier alpha value is 0.300. The molecule has 0 rings (SSSR count). The second-order valence-electron chi connectivity index (χ2n) is 2.62. The first-order valence-electron chi connectivity index (χ1n) is 3.30. The molecule has 12 heavy (non-hydrogen) atoms. The van der Waals surface area contributed by atoms with Crippen molar-refractivity contribution in [2.75, 3.05) is 0 Å². The van der Waals surface area contributed by atoms with Crippen LogP contribution in [0.5, 0.6) is 0 Å². The maximum Gasteiger partial charge on any atom is 0.320 e. The van der Waals surface area contributed by atoms with Gasteiger partial charge >= 0.3 is 5.97 Å². The average Bonchev–Trinajstić information content (AvgIpc) is 1.85. The van der Waals surface area contributed by atoms with Crippen LogP contribution in [0.25, 0.3) is 0 Å². The highest BCUT2D eigenvalue weighted by Gasteiger charge is 2.31. The number of alkyl halides is 3. The van der Waals surface area contributed by atoms with Crippen molar-refractivity contribution >= 4 is 40.8 Å². The van der Waals surface area contributed by atoms with Crippen molar-refractivity contribution < 1.29 is 9.90 Å². The normalized spacial score (nSPS) is 17.1. The predicted octanol–water partition coefficient (Wildman–Crippen LogP) is 1.79. The van der Waals surface area contributed by atoms with Gasteiger partial charge in [0.15, 0.2) is 3.79 Å². The Balaban J connectivity index is 4.01. The Morgan fingerprint density at radius 3 is 2.25 bits per heavy atom. The first-order chi connectivity index (χ1) is 5.25. The number of carboxylic acid groups (broad SMARTS) is 1. The number of carbonyl (C=O) groups is 1. The summed E-state index contributed by atoms with van der Waals surface area (Å²) in [7, 11) is 0. The molecule has 2 atom stereocenters. The number of carboxylic acids is 1. The molecule has 0 radical (unpaired) electrons. The zero-order valence-corrected chi connectivity index (χ0v) is 8.70. The van der Waals surface area contributed by atoms with Gasteiger partial charge in [0.2, 0.25) is 0 Å². The lowest BCUT2D eigenvalue weighted by atomic mass is 10.0. The maximum atomic E-state index is 10.3. The lowest BCUT2D eigenvalue weighted by molar-refractivity contribution is -0.138. The lowest BCUT2D eigenvalue weighted by Crippen LogP contribution is -2.34. The summed E-state index contributed by atoms with van der Waals surface area (Å²) in [5, 5.41) is 8.44. The summed E-state index contributed by atoms with van der Waals surface area (Å²) in [6, 6.07) is -0.976. The molecule has 0 saturated carbocycles. The lowest BCUT2D eigenvalue weighted by Gasteiger charge is -2.21. The molecule has 0 aromatic rings. The Bertz CT molecular complexity index is 169. The van der Waals surface area contributed by atoms with Crippen LogP contribution in [0, 0.1) is 5.92 Å². The van der Waals surface area contributed by atoms with Gasteiger partial charge in [-0.3, -0.25) is 4.79 Å². The zero-order chi connectivity index (χ0) is 9.94. The second kappa shape index (κ2) is 4.51. The maximum absolute atomic E-state index is 10.3. The third-order valence-electron chi connectivity index (χ3n) is 1.48. The molecule has 0 amide bonds. The van der Waals surface area contributed by atoms with Gasteiger partial charge in [-0.2, -0.15) is 0 Å². The fourth-order valence-electron chi connectivity index (χ4n) is 0.615. The molecule has 0 aromatic carbocycles. The third kappa shape index (κ3) is 4.36. The fraction of sp³-hybridized carbons (Fsp3) is 0.833. The van der Waals surface area contributed by atoms with Gasteiger partial charge in [0, 0.05) is 5.92 Å². The molecule has 0 unspecified atom stereocenters. The van der Waals surface area contributed by atoms with Crippen molar-refractivity contribution in [3.63, 3.8) is 0 Å². The van der Waals surface area contributed by atoms with E-state index < -0.39 is 15.8 Å². The molecule has 3 N–H and O–H groups in total. The number of halogens is 3. The Labute approximate surface area is 85.8 Å². The first-order valence-corrected chi connectivity index (χ1v) is 4.43. The first kappa shape index (κ1) is 12.3. The molecular weight excluding hydrogens is 224 g/mol.